The van der Waals surface area contributed by atoms with Crippen LogP contribution >= 0.6 is 0 Å². The first-order valence-electron chi connectivity index (χ1n) is 7.62. The predicted molar refractivity (Wildman–Crippen MR) is 82.8 cm³/mol. The van der Waals surface area contributed by atoms with Gasteiger partial charge >= 0.3 is 5.97 Å². The number of benzene rings is 1. The second kappa shape index (κ2) is 6.24. The molecule has 1 N–H and O–H groups in total. The van der Waals surface area contributed by atoms with E-state index in [1.807, 2.05) is 30.3 Å². The van der Waals surface area contributed by atoms with Gasteiger partial charge in [0.25, 0.3) is 5.91 Å². The van der Waals surface area contributed by atoms with Crippen molar-refractivity contribution in [3.63, 3.8) is 0 Å². The molecule has 1 aromatic heterocycles. The van der Waals surface area contributed by atoms with Gasteiger partial charge in [0, 0.05) is 18.2 Å². The quantitative estimate of drug-likeness (QED) is 0.941. The van der Waals surface area contributed by atoms with Crippen molar-refractivity contribution in [3.05, 3.63) is 42.3 Å². The van der Waals surface area contributed by atoms with Gasteiger partial charge in [-0.15, -0.1) is 0 Å². The van der Waals surface area contributed by atoms with E-state index in [1.54, 1.807) is 11.8 Å². The molecule has 0 spiro atoms. The van der Waals surface area contributed by atoms with Gasteiger partial charge in [-0.3, -0.25) is 9.59 Å². The third kappa shape index (κ3) is 2.97. The normalized spacial score (nSPS) is 21.2. The van der Waals surface area contributed by atoms with Crippen molar-refractivity contribution in [2.24, 2.45) is 5.92 Å². The monoisotopic (exact) mass is 314 g/mol. The van der Waals surface area contributed by atoms with E-state index >= 15 is 0 Å². The average molecular weight is 314 g/mol. The summed E-state index contributed by atoms with van der Waals surface area (Å²) in [5.41, 5.74) is 1.00. The lowest BCUT2D eigenvalue weighted by molar-refractivity contribution is -0.144. The zero-order chi connectivity index (χ0) is 16.4. The summed E-state index contributed by atoms with van der Waals surface area (Å²) >= 11 is 0. The van der Waals surface area contributed by atoms with Gasteiger partial charge in [-0.2, -0.15) is 0 Å². The summed E-state index contributed by atoms with van der Waals surface area (Å²) in [6, 6.07) is 8.97. The van der Waals surface area contributed by atoms with E-state index in [0.29, 0.717) is 25.3 Å². The lowest BCUT2D eigenvalue weighted by Crippen LogP contribution is -2.49. The molecule has 1 fully saturated rings. The molecule has 1 amide bonds. The number of carboxylic acid groups (broad SMARTS) is 1. The standard InChI is InChI=1S/C17H18N2O4/c1-11-13(17(21)22)8-5-9-19(11)16(20)14-10-23-15(18-14)12-6-3-2-4-7-12/h2-4,6-7,10-11,13H,5,8-9H2,1H3,(H,21,22)/t11-,13-/m1/s1. The zero-order valence-electron chi connectivity index (χ0n) is 12.8. The number of rotatable bonds is 3. The third-order valence-corrected chi connectivity index (χ3v) is 4.31. The lowest BCUT2D eigenvalue weighted by Gasteiger charge is -2.36. The Balaban J connectivity index is 1.81. The lowest BCUT2D eigenvalue weighted by atomic mass is 9.90. The van der Waals surface area contributed by atoms with Crippen LogP contribution in [0.2, 0.25) is 0 Å². The van der Waals surface area contributed by atoms with Gasteiger partial charge in [-0.05, 0) is 31.9 Å². The van der Waals surface area contributed by atoms with Crippen LogP contribution in [0.25, 0.3) is 11.5 Å². The van der Waals surface area contributed by atoms with Gasteiger partial charge in [0.1, 0.15) is 6.26 Å². The Kier molecular flexibility index (Phi) is 4.14. The second-order valence-electron chi connectivity index (χ2n) is 5.73. The Morgan fingerprint density at radius 2 is 2.04 bits per heavy atom. The van der Waals surface area contributed by atoms with E-state index in [2.05, 4.69) is 4.98 Å². The molecule has 2 aromatic rings. The number of piperidine rings is 1. The fraction of sp³-hybridized carbons (Fsp3) is 0.353. The van der Waals surface area contributed by atoms with Crippen LogP contribution in [0.1, 0.15) is 30.3 Å². The van der Waals surface area contributed by atoms with Gasteiger partial charge < -0.3 is 14.4 Å². The average Bonchev–Trinajstić information content (AvgIpc) is 3.05. The van der Waals surface area contributed by atoms with Crippen LogP contribution in [0.15, 0.2) is 41.0 Å². The third-order valence-electron chi connectivity index (χ3n) is 4.31. The van der Waals surface area contributed by atoms with Crippen molar-refractivity contribution in [1.82, 2.24) is 9.88 Å². The number of aromatic nitrogens is 1. The highest BCUT2D eigenvalue weighted by atomic mass is 16.4. The van der Waals surface area contributed by atoms with E-state index in [-0.39, 0.29) is 17.6 Å². The Bertz CT molecular complexity index is 710. The maximum Gasteiger partial charge on any atom is 0.308 e. The summed E-state index contributed by atoms with van der Waals surface area (Å²) in [5, 5.41) is 9.26. The van der Waals surface area contributed by atoms with Crippen LogP contribution in [-0.2, 0) is 4.79 Å². The van der Waals surface area contributed by atoms with Gasteiger partial charge in [-0.25, -0.2) is 4.98 Å². The molecule has 1 aliphatic rings. The fourth-order valence-electron chi connectivity index (χ4n) is 2.99. The molecule has 0 aliphatic carbocycles. The number of hydrogen-bond donors (Lipinski definition) is 1. The highest BCUT2D eigenvalue weighted by Gasteiger charge is 2.36. The number of carbonyl (C=O) groups excluding carboxylic acids is 1. The van der Waals surface area contributed by atoms with E-state index in [4.69, 9.17) is 4.42 Å². The van der Waals surface area contributed by atoms with Crippen molar-refractivity contribution in [2.75, 3.05) is 6.54 Å². The molecule has 0 unspecified atom stereocenters. The molecule has 1 aromatic carbocycles. The molecule has 1 aliphatic heterocycles. The Morgan fingerprint density at radius 1 is 1.30 bits per heavy atom. The smallest absolute Gasteiger partial charge is 0.308 e. The molecular formula is C17H18N2O4. The fourth-order valence-corrected chi connectivity index (χ4v) is 2.99. The first-order chi connectivity index (χ1) is 11.1. The predicted octanol–water partition coefficient (Wildman–Crippen LogP) is 2.67. The van der Waals surface area contributed by atoms with Crippen LogP contribution in [0.4, 0.5) is 0 Å². The van der Waals surface area contributed by atoms with Crippen molar-refractivity contribution in [2.45, 2.75) is 25.8 Å². The number of amides is 1. The van der Waals surface area contributed by atoms with Gasteiger partial charge in [0.15, 0.2) is 5.69 Å². The van der Waals surface area contributed by atoms with Gasteiger partial charge in [0.05, 0.1) is 5.92 Å². The van der Waals surface area contributed by atoms with Crippen molar-refractivity contribution in [1.29, 1.82) is 0 Å². The number of nitrogens with zero attached hydrogens (tertiary/aromatic N) is 2. The molecule has 0 saturated carbocycles. The number of carboxylic acids is 1. The van der Waals surface area contributed by atoms with Crippen molar-refractivity contribution >= 4 is 11.9 Å². The zero-order valence-corrected chi connectivity index (χ0v) is 12.8. The summed E-state index contributed by atoms with van der Waals surface area (Å²) in [7, 11) is 0. The van der Waals surface area contributed by atoms with Crippen LogP contribution < -0.4 is 0 Å². The van der Waals surface area contributed by atoms with E-state index in [9.17, 15) is 14.7 Å². The Labute approximate surface area is 133 Å². The van der Waals surface area contributed by atoms with Crippen LogP contribution in [0, 0.1) is 5.92 Å². The molecule has 2 heterocycles. The maximum atomic E-state index is 12.6. The molecule has 1 saturated heterocycles. The van der Waals surface area contributed by atoms with Crippen LogP contribution in [0.5, 0.6) is 0 Å². The maximum absolute atomic E-state index is 12.6. The summed E-state index contributed by atoms with van der Waals surface area (Å²) in [6.07, 6.45) is 2.60. The molecule has 3 rings (SSSR count). The molecule has 120 valence electrons. The van der Waals surface area contributed by atoms with Crippen molar-refractivity contribution in [3.8, 4) is 11.5 Å². The highest BCUT2D eigenvalue weighted by molar-refractivity contribution is 5.93. The first-order valence-corrected chi connectivity index (χ1v) is 7.62. The molecule has 2 atom stereocenters. The SMILES string of the molecule is C[C@@H]1[C@H](C(=O)O)CCCN1C(=O)c1coc(-c2ccccc2)n1. The van der Waals surface area contributed by atoms with E-state index in [0.717, 1.165) is 5.56 Å². The summed E-state index contributed by atoms with van der Waals surface area (Å²) in [5.74, 6) is -1.30. The van der Waals surface area contributed by atoms with Crippen molar-refractivity contribution < 1.29 is 19.1 Å². The molecular weight excluding hydrogens is 296 g/mol. The number of hydrogen-bond acceptors (Lipinski definition) is 4. The van der Waals surface area contributed by atoms with Gasteiger partial charge in [-0.1, -0.05) is 18.2 Å². The molecule has 6 nitrogen and oxygen atoms in total. The van der Waals surface area contributed by atoms with E-state index in [1.165, 1.54) is 6.26 Å². The molecule has 23 heavy (non-hydrogen) atoms. The number of likely N-dealkylation sites (tertiary alicyclic amines) is 1. The number of oxazole rings is 1. The molecule has 0 radical (unpaired) electrons. The summed E-state index contributed by atoms with van der Waals surface area (Å²) < 4.78 is 5.40. The minimum absolute atomic E-state index is 0.210. The number of carbonyl (C=O) groups is 2. The summed E-state index contributed by atoms with van der Waals surface area (Å²) in [6.45, 7) is 2.31. The number of aliphatic carboxylic acids is 1. The Morgan fingerprint density at radius 3 is 2.74 bits per heavy atom. The van der Waals surface area contributed by atoms with E-state index < -0.39 is 11.9 Å². The van der Waals surface area contributed by atoms with Crippen LogP contribution in [0.3, 0.4) is 0 Å². The largest absolute Gasteiger partial charge is 0.481 e. The van der Waals surface area contributed by atoms with Crippen LogP contribution in [-0.4, -0.2) is 39.5 Å². The molecule has 0 bridgehead atoms. The minimum atomic E-state index is -0.861. The Hall–Kier alpha value is -2.63. The first kappa shape index (κ1) is 15.3. The topological polar surface area (TPSA) is 83.6 Å². The molecule has 6 heteroatoms. The van der Waals surface area contributed by atoms with Gasteiger partial charge in [0.2, 0.25) is 5.89 Å². The summed E-state index contributed by atoms with van der Waals surface area (Å²) in [4.78, 5) is 29.8. The highest BCUT2D eigenvalue weighted by Crippen LogP contribution is 2.26. The minimum Gasteiger partial charge on any atom is -0.481 e. The second-order valence-corrected chi connectivity index (χ2v) is 5.73.